The molecule has 1 aliphatic carbocycles. The maximum Gasteiger partial charge on any atom is 0.243 e. The van der Waals surface area contributed by atoms with E-state index in [4.69, 9.17) is 4.52 Å². The first-order chi connectivity index (χ1) is 10.5. The van der Waals surface area contributed by atoms with Crippen LogP contribution in [0, 0.1) is 12.8 Å². The molecule has 0 spiro atoms. The number of nitrogens with one attached hydrogen (secondary N) is 1. The molecule has 1 aliphatic heterocycles. The van der Waals surface area contributed by atoms with Crippen LogP contribution in [0.3, 0.4) is 0 Å². The maximum absolute atomic E-state index is 12.2. The predicted molar refractivity (Wildman–Crippen MR) is 80.2 cm³/mol. The first-order valence-electron chi connectivity index (χ1n) is 7.81. The third-order valence-corrected chi connectivity index (χ3v) is 4.35. The average molecular weight is 306 g/mol. The predicted octanol–water partition coefficient (Wildman–Crippen LogP) is 0.864. The number of aromatic nitrogens is 1. The Morgan fingerprint density at radius 1 is 1.32 bits per heavy atom. The number of carbonyl (C=O) groups excluding carboxylic acids is 2. The van der Waals surface area contributed by atoms with Crippen LogP contribution < -0.4 is 5.32 Å². The van der Waals surface area contributed by atoms with Crippen LogP contribution >= 0.6 is 0 Å². The van der Waals surface area contributed by atoms with Crippen molar-refractivity contribution in [2.75, 3.05) is 31.5 Å². The van der Waals surface area contributed by atoms with Gasteiger partial charge >= 0.3 is 0 Å². The molecule has 120 valence electrons. The summed E-state index contributed by atoms with van der Waals surface area (Å²) in [6.07, 6.45) is 2.07. The van der Waals surface area contributed by atoms with Gasteiger partial charge in [0, 0.05) is 38.2 Å². The zero-order chi connectivity index (χ0) is 15.7. The monoisotopic (exact) mass is 306 g/mol. The molecule has 3 rings (SSSR count). The molecule has 1 saturated heterocycles. The third-order valence-electron chi connectivity index (χ3n) is 4.35. The van der Waals surface area contributed by atoms with Crippen molar-refractivity contribution in [2.24, 2.45) is 5.92 Å². The van der Waals surface area contributed by atoms with Crippen molar-refractivity contribution in [3.63, 3.8) is 0 Å². The number of piperazine rings is 1. The number of aryl methyl sites for hydroxylation is 1. The topological polar surface area (TPSA) is 78.7 Å². The lowest BCUT2D eigenvalue weighted by molar-refractivity contribution is -0.135. The molecule has 22 heavy (non-hydrogen) atoms. The summed E-state index contributed by atoms with van der Waals surface area (Å²) in [5, 5.41) is 6.48. The summed E-state index contributed by atoms with van der Waals surface area (Å²) in [5.41, 5.74) is 0.732. The standard InChI is InChI=1S/C15H22N4O3/c1-10-9-13(22-17-10)16-14(20)11(2)18-5-7-19(8-6-18)15(21)12-3-4-12/h9,11-12H,3-8H2,1-2H3,(H,16,20). The van der Waals surface area contributed by atoms with E-state index < -0.39 is 0 Å². The second kappa shape index (κ2) is 6.08. The number of hydrogen-bond acceptors (Lipinski definition) is 5. The van der Waals surface area contributed by atoms with Crippen LogP contribution in [0.1, 0.15) is 25.5 Å². The number of anilines is 1. The third kappa shape index (κ3) is 3.30. The van der Waals surface area contributed by atoms with Crippen LogP contribution in [0.4, 0.5) is 5.88 Å². The van der Waals surface area contributed by atoms with Crippen molar-refractivity contribution in [3.8, 4) is 0 Å². The van der Waals surface area contributed by atoms with Crippen molar-refractivity contribution < 1.29 is 14.1 Å². The van der Waals surface area contributed by atoms with Crippen LogP contribution in [0.25, 0.3) is 0 Å². The number of rotatable bonds is 4. The van der Waals surface area contributed by atoms with Crippen LogP contribution in [0.2, 0.25) is 0 Å². The second-order valence-electron chi connectivity index (χ2n) is 6.13. The van der Waals surface area contributed by atoms with Gasteiger partial charge in [0.15, 0.2) is 0 Å². The van der Waals surface area contributed by atoms with Gasteiger partial charge in [0.05, 0.1) is 11.7 Å². The fourth-order valence-corrected chi connectivity index (χ4v) is 2.73. The quantitative estimate of drug-likeness (QED) is 0.893. The van der Waals surface area contributed by atoms with Crippen molar-refractivity contribution >= 4 is 17.7 Å². The molecule has 1 aromatic rings. The Morgan fingerprint density at radius 2 is 2.00 bits per heavy atom. The Hall–Kier alpha value is -1.89. The molecule has 2 heterocycles. The van der Waals surface area contributed by atoms with Gasteiger partial charge in [-0.05, 0) is 26.7 Å². The van der Waals surface area contributed by atoms with E-state index in [0.717, 1.165) is 31.6 Å². The van der Waals surface area contributed by atoms with E-state index in [2.05, 4.69) is 15.4 Å². The molecule has 2 aliphatic rings. The van der Waals surface area contributed by atoms with Crippen molar-refractivity contribution in [3.05, 3.63) is 11.8 Å². The van der Waals surface area contributed by atoms with Gasteiger partial charge in [-0.15, -0.1) is 0 Å². The number of nitrogens with zero attached hydrogens (tertiary/aromatic N) is 3. The maximum atomic E-state index is 12.2. The molecular formula is C15H22N4O3. The first kappa shape index (κ1) is 15.0. The molecule has 0 radical (unpaired) electrons. The molecule has 2 fully saturated rings. The summed E-state index contributed by atoms with van der Waals surface area (Å²) in [6.45, 7) is 6.53. The van der Waals surface area contributed by atoms with Crippen LogP contribution in [-0.4, -0.2) is 59.0 Å². The minimum Gasteiger partial charge on any atom is -0.340 e. The highest BCUT2D eigenvalue weighted by atomic mass is 16.5. The summed E-state index contributed by atoms with van der Waals surface area (Å²) in [7, 11) is 0. The molecule has 1 N–H and O–H groups in total. The van der Waals surface area contributed by atoms with Gasteiger partial charge in [0.25, 0.3) is 0 Å². The molecule has 1 aromatic heterocycles. The van der Waals surface area contributed by atoms with Gasteiger partial charge in [-0.25, -0.2) is 0 Å². The van der Waals surface area contributed by atoms with Gasteiger partial charge < -0.3 is 9.42 Å². The molecule has 2 amide bonds. The summed E-state index contributed by atoms with van der Waals surface area (Å²) in [6, 6.07) is 1.43. The van der Waals surface area contributed by atoms with E-state index in [9.17, 15) is 9.59 Å². The van der Waals surface area contributed by atoms with E-state index in [0.29, 0.717) is 19.0 Å². The fourth-order valence-electron chi connectivity index (χ4n) is 2.73. The van der Waals surface area contributed by atoms with E-state index in [-0.39, 0.29) is 23.8 Å². The smallest absolute Gasteiger partial charge is 0.243 e. The molecule has 7 nitrogen and oxygen atoms in total. The highest BCUT2D eigenvalue weighted by molar-refractivity contribution is 5.93. The average Bonchev–Trinajstić information content (AvgIpc) is 3.29. The number of amides is 2. The van der Waals surface area contributed by atoms with Crippen LogP contribution in [-0.2, 0) is 9.59 Å². The normalized spacial score (nSPS) is 20.7. The van der Waals surface area contributed by atoms with E-state index in [1.165, 1.54) is 0 Å². The van der Waals surface area contributed by atoms with Gasteiger partial charge in [0.2, 0.25) is 17.7 Å². The molecular weight excluding hydrogens is 284 g/mol. The van der Waals surface area contributed by atoms with Crippen molar-refractivity contribution in [1.29, 1.82) is 0 Å². The molecule has 7 heteroatoms. The summed E-state index contributed by atoms with van der Waals surface area (Å²) in [5.74, 6) is 0.811. The van der Waals surface area contributed by atoms with Crippen molar-refractivity contribution in [1.82, 2.24) is 15.0 Å². The van der Waals surface area contributed by atoms with E-state index >= 15 is 0 Å². The van der Waals surface area contributed by atoms with Crippen LogP contribution in [0.15, 0.2) is 10.6 Å². The lowest BCUT2D eigenvalue weighted by atomic mass is 10.2. The van der Waals surface area contributed by atoms with Gasteiger partial charge in [-0.2, -0.15) is 0 Å². The molecule has 0 aromatic carbocycles. The molecule has 1 unspecified atom stereocenters. The Bertz CT molecular complexity index is 559. The Morgan fingerprint density at radius 3 is 2.55 bits per heavy atom. The Kier molecular flexibility index (Phi) is 4.15. The van der Waals surface area contributed by atoms with E-state index in [1.807, 2.05) is 11.8 Å². The number of hydrogen-bond donors (Lipinski definition) is 1. The van der Waals surface area contributed by atoms with Crippen LogP contribution in [0.5, 0.6) is 0 Å². The largest absolute Gasteiger partial charge is 0.340 e. The fraction of sp³-hybridized carbons (Fsp3) is 0.667. The van der Waals surface area contributed by atoms with Gasteiger partial charge in [-0.1, -0.05) is 5.16 Å². The number of carbonyl (C=O) groups is 2. The Balaban J connectivity index is 1.49. The zero-order valence-corrected chi connectivity index (χ0v) is 13.0. The summed E-state index contributed by atoms with van der Waals surface area (Å²) < 4.78 is 5.00. The van der Waals surface area contributed by atoms with Gasteiger partial charge in [0.1, 0.15) is 0 Å². The highest BCUT2D eigenvalue weighted by Crippen LogP contribution is 2.31. The SMILES string of the molecule is Cc1cc(NC(=O)C(C)N2CCN(C(=O)C3CC3)CC2)on1. The Labute approximate surface area is 129 Å². The molecule has 1 atom stereocenters. The van der Waals surface area contributed by atoms with Gasteiger partial charge in [-0.3, -0.25) is 19.8 Å². The lowest BCUT2D eigenvalue weighted by Gasteiger charge is -2.37. The lowest BCUT2D eigenvalue weighted by Crippen LogP contribution is -2.54. The van der Waals surface area contributed by atoms with E-state index in [1.54, 1.807) is 13.0 Å². The highest BCUT2D eigenvalue weighted by Gasteiger charge is 2.35. The minimum atomic E-state index is -0.261. The van der Waals surface area contributed by atoms with Crippen molar-refractivity contribution in [2.45, 2.75) is 32.7 Å². The zero-order valence-electron chi connectivity index (χ0n) is 13.0. The first-order valence-corrected chi connectivity index (χ1v) is 7.81. The summed E-state index contributed by atoms with van der Waals surface area (Å²) in [4.78, 5) is 28.3. The molecule has 0 bridgehead atoms. The molecule has 1 saturated carbocycles. The summed E-state index contributed by atoms with van der Waals surface area (Å²) >= 11 is 0. The minimum absolute atomic E-state index is 0.113. The second-order valence-corrected chi connectivity index (χ2v) is 6.13.